The van der Waals surface area contributed by atoms with Gasteiger partial charge in [0.25, 0.3) is 0 Å². The van der Waals surface area contributed by atoms with Crippen molar-refractivity contribution in [2.75, 3.05) is 26.2 Å². The van der Waals surface area contributed by atoms with E-state index in [0.717, 1.165) is 25.7 Å². The second kappa shape index (κ2) is 22.0. The molecule has 0 saturated heterocycles. The molecule has 0 aromatic carbocycles. The van der Waals surface area contributed by atoms with E-state index >= 15 is 0 Å². The Morgan fingerprint density at radius 2 is 1.00 bits per heavy atom. The van der Waals surface area contributed by atoms with E-state index in [1.807, 2.05) is 0 Å². The van der Waals surface area contributed by atoms with Crippen molar-refractivity contribution in [2.45, 2.75) is 124 Å². The van der Waals surface area contributed by atoms with Crippen LogP contribution in [-0.2, 0) is 14.4 Å². The Kier molecular flexibility index (Phi) is 20.9. The molecule has 0 rings (SSSR count). The molecule has 0 heterocycles. The van der Waals surface area contributed by atoms with E-state index < -0.39 is 35.7 Å². The highest BCUT2D eigenvalue weighted by Gasteiger charge is 2.36. The predicted molar refractivity (Wildman–Crippen MR) is 152 cm³/mol. The molecule has 0 aliphatic heterocycles. The first-order valence-electron chi connectivity index (χ1n) is 15.2. The van der Waals surface area contributed by atoms with Crippen molar-refractivity contribution in [3.8, 4) is 0 Å². The summed E-state index contributed by atoms with van der Waals surface area (Å²) in [5, 5.41) is 30.5. The van der Waals surface area contributed by atoms with Crippen molar-refractivity contribution in [3.05, 3.63) is 12.2 Å². The van der Waals surface area contributed by atoms with Crippen molar-refractivity contribution in [3.63, 3.8) is 0 Å². The molecule has 2 N–H and O–H groups in total. The highest BCUT2D eigenvalue weighted by atomic mass is 16.4. The van der Waals surface area contributed by atoms with Crippen molar-refractivity contribution in [2.24, 2.45) is 17.8 Å². The highest BCUT2D eigenvalue weighted by molar-refractivity contribution is 5.70. The van der Waals surface area contributed by atoms with E-state index in [4.69, 9.17) is 0 Å². The monoisotopic (exact) mass is 539 g/mol. The maximum atomic E-state index is 11.6. The van der Waals surface area contributed by atoms with E-state index in [1.54, 1.807) is 20.8 Å². The van der Waals surface area contributed by atoms with E-state index in [9.17, 15) is 29.7 Å². The normalized spacial score (nSPS) is 15.7. The van der Waals surface area contributed by atoms with Crippen LogP contribution in [0.15, 0.2) is 12.2 Å². The summed E-state index contributed by atoms with van der Waals surface area (Å²) in [4.78, 5) is 34.7. The van der Waals surface area contributed by atoms with Gasteiger partial charge in [0.15, 0.2) is 0 Å². The van der Waals surface area contributed by atoms with Gasteiger partial charge in [-0.05, 0) is 52.4 Å². The van der Waals surface area contributed by atoms with Crippen LogP contribution in [0.2, 0.25) is 0 Å². The number of carboxylic acids is 3. The first-order valence-corrected chi connectivity index (χ1v) is 15.2. The molecule has 222 valence electrons. The maximum absolute atomic E-state index is 11.6. The maximum Gasteiger partial charge on any atom is 0.311 e. The Morgan fingerprint density at radius 1 is 0.632 bits per heavy atom. The summed E-state index contributed by atoms with van der Waals surface area (Å²) >= 11 is 0. The molecule has 7 nitrogen and oxygen atoms in total. The summed E-state index contributed by atoms with van der Waals surface area (Å²) in [5.41, 5.74) is 0. The van der Waals surface area contributed by atoms with Crippen molar-refractivity contribution < 1.29 is 34.2 Å². The molecule has 0 fully saturated rings. The number of hydrogen-bond donors (Lipinski definition) is 2. The minimum Gasteiger partial charge on any atom is -0.550 e. The van der Waals surface area contributed by atoms with E-state index in [-0.39, 0.29) is 24.1 Å². The number of unbranched alkanes of at least 4 members (excludes halogenated alkanes) is 13. The molecule has 0 spiro atoms. The Morgan fingerprint density at radius 3 is 1.39 bits per heavy atom. The molecule has 0 aliphatic rings. The molecule has 7 heteroatoms. The van der Waals surface area contributed by atoms with Crippen LogP contribution >= 0.6 is 0 Å². The number of carbonyl (C=O) groups is 3. The lowest BCUT2D eigenvalue weighted by molar-refractivity contribution is -0.934. The van der Waals surface area contributed by atoms with Gasteiger partial charge in [0.1, 0.15) is 11.8 Å². The standard InChI is InChI=1S/C31H57NO6/c1-5-6-7-8-9-10-11-12-13-14-15-16-17-18-19-20-21-22-32(23-26(2)29(33)34,24-27(3)30(35)36)25-28(4)31(37)38/h9-10,26-28H,5-8,11-25H2,1-4H3,(H2-,33,34,35,36,37,38)/b10-9+. The highest BCUT2D eigenvalue weighted by Crippen LogP contribution is 2.22. The van der Waals surface area contributed by atoms with Crippen molar-refractivity contribution >= 4 is 17.9 Å². The van der Waals surface area contributed by atoms with Crippen molar-refractivity contribution in [1.29, 1.82) is 0 Å². The smallest absolute Gasteiger partial charge is 0.311 e. The lowest BCUT2D eigenvalue weighted by atomic mass is 10.00. The van der Waals surface area contributed by atoms with Gasteiger partial charge in [-0.1, -0.05) is 83.8 Å². The van der Waals surface area contributed by atoms with E-state index in [0.29, 0.717) is 6.54 Å². The van der Waals surface area contributed by atoms with Crippen LogP contribution in [0, 0.1) is 17.8 Å². The molecule has 3 atom stereocenters. The molecule has 0 amide bonds. The van der Waals surface area contributed by atoms with Gasteiger partial charge in [-0.25, -0.2) is 0 Å². The number of rotatable bonds is 26. The summed E-state index contributed by atoms with van der Waals surface area (Å²) in [6.07, 6.45) is 22.7. The first-order chi connectivity index (χ1) is 18.0. The van der Waals surface area contributed by atoms with Gasteiger partial charge in [-0.15, -0.1) is 0 Å². The molecule has 38 heavy (non-hydrogen) atoms. The van der Waals surface area contributed by atoms with Crippen LogP contribution in [-0.4, -0.2) is 58.8 Å². The van der Waals surface area contributed by atoms with Gasteiger partial charge in [0.05, 0.1) is 26.2 Å². The number of hydrogen-bond acceptors (Lipinski definition) is 4. The van der Waals surface area contributed by atoms with Crippen LogP contribution in [0.1, 0.15) is 124 Å². The minimum atomic E-state index is -1.18. The number of allylic oxidation sites excluding steroid dienone is 2. The van der Waals surface area contributed by atoms with Crippen LogP contribution in [0.3, 0.4) is 0 Å². The Bertz CT molecular complexity index is 622. The average molecular weight is 540 g/mol. The fourth-order valence-corrected chi connectivity index (χ4v) is 5.34. The Balaban J connectivity index is 4.43. The molecule has 0 bridgehead atoms. The molecular formula is C31H57NO6. The number of aliphatic carboxylic acids is 3. The molecule has 3 unspecified atom stereocenters. The van der Waals surface area contributed by atoms with Gasteiger partial charge >= 0.3 is 11.9 Å². The summed E-state index contributed by atoms with van der Waals surface area (Å²) in [7, 11) is 0. The third-order valence-electron chi connectivity index (χ3n) is 7.62. The second-order valence-electron chi connectivity index (χ2n) is 11.6. The summed E-state index contributed by atoms with van der Waals surface area (Å²) in [5.74, 6) is -5.24. The zero-order valence-corrected chi connectivity index (χ0v) is 24.8. The minimum absolute atomic E-state index is 0.185. The van der Waals surface area contributed by atoms with Gasteiger partial charge in [0.2, 0.25) is 0 Å². The lowest BCUT2D eigenvalue weighted by Gasteiger charge is -2.43. The third kappa shape index (κ3) is 18.4. The van der Waals surface area contributed by atoms with Crippen LogP contribution in [0.5, 0.6) is 0 Å². The zero-order valence-electron chi connectivity index (χ0n) is 24.8. The van der Waals surface area contributed by atoms with Crippen LogP contribution in [0.4, 0.5) is 0 Å². The summed E-state index contributed by atoms with van der Waals surface area (Å²) in [6, 6.07) is 0. The number of quaternary nitrogens is 1. The molecule has 0 aromatic heterocycles. The number of nitrogens with zero attached hydrogens (tertiary/aromatic N) is 1. The lowest BCUT2D eigenvalue weighted by Crippen LogP contribution is -2.58. The van der Waals surface area contributed by atoms with Gasteiger partial charge < -0.3 is 24.6 Å². The average Bonchev–Trinajstić information content (AvgIpc) is 2.85. The van der Waals surface area contributed by atoms with E-state index in [2.05, 4.69) is 19.1 Å². The zero-order chi connectivity index (χ0) is 28.8. The van der Waals surface area contributed by atoms with Crippen molar-refractivity contribution in [1.82, 2.24) is 0 Å². The third-order valence-corrected chi connectivity index (χ3v) is 7.62. The molecule has 0 radical (unpaired) electrons. The van der Waals surface area contributed by atoms with Gasteiger partial charge in [-0.2, -0.15) is 0 Å². The number of carbonyl (C=O) groups excluding carboxylic acids is 1. The molecule has 0 aromatic rings. The Hall–Kier alpha value is -1.89. The largest absolute Gasteiger partial charge is 0.550 e. The predicted octanol–water partition coefficient (Wildman–Crippen LogP) is 6.06. The second-order valence-corrected chi connectivity index (χ2v) is 11.6. The molecular weight excluding hydrogens is 482 g/mol. The molecule has 0 aliphatic carbocycles. The first kappa shape index (κ1) is 36.1. The number of carboxylic acid groups (broad SMARTS) is 3. The van der Waals surface area contributed by atoms with Gasteiger partial charge in [0, 0.05) is 11.9 Å². The Labute approximate surface area is 232 Å². The van der Waals surface area contributed by atoms with Crippen LogP contribution < -0.4 is 5.11 Å². The fourth-order valence-electron chi connectivity index (χ4n) is 5.34. The topological polar surface area (TPSA) is 115 Å². The fraction of sp³-hybridized carbons (Fsp3) is 0.839. The van der Waals surface area contributed by atoms with Crippen LogP contribution in [0.25, 0.3) is 0 Å². The SMILES string of the molecule is CCCCC/C=C/CCCCCCCCCCCC[N+](CC(C)C(=O)[O-])(CC(C)C(=O)O)CC(C)C(=O)O. The summed E-state index contributed by atoms with van der Waals surface area (Å²) < 4.78 is 0.185. The summed E-state index contributed by atoms with van der Waals surface area (Å²) in [6.45, 7) is 8.22. The van der Waals surface area contributed by atoms with Gasteiger partial charge in [-0.3, -0.25) is 9.59 Å². The quantitative estimate of drug-likeness (QED) is 0.0784. The molecule has 0 saturated carbocycles. The van der Waals surface area contributed by atoms with E-state index in [1.165, 1.54) is 70.6 Å².